The van der Waals surface area contributed by atoms with E-state index < -0.39 is 6.16 Å². The van der Waals surface area contributed by atoms with E-state index in [0.717, 1.165) is 12.8 Å². The average Bonchev–Trinajstić information content (AvgIpc) is 2.13. The van der Waals surface area contributed by atoms with Crippen LogP contribution in [0.3, 0.4) is 0 Å². The minimum absolute atomic E-state index is 0.0223. The topological polar surface area (TPSA) is 35.5 Å². The van der Waals surface area contributed by atoms with Gasteiger partial charge in [0, 0.05) is 0 Å². The smallest absolute Gasteiger partial charge is 0.435 e. The highest BCUT2D eigenvalue weighted by Crippen LogP contribution is 2.08. The van der Waals surface area contributed by atoms with Gasteiger partial charge in [0.2, 0.25) is 0 Å². The number of hydrogen-bond acceptors (Lipinski definition) is 3. The quantitative estimate of drug-likeness (QED) is 0.468. The van der Waals surface area contributed by atoms with Crippen LogP contribution in [-0.2, 0) is 9.47 Å². The summed E-state index contributed by atoms with van der Waals surface area (Å²) in [5.41, 5.74) is 0. The van der Waals surface area contributed by atoms with Crippen LogP contribution >= 0.6 is 0 Å². The first kappa shape index (κ1) is 13.3. The second-order valence-electron chi connectivity index (χ2n) is 3.46. The minimum Gasteiger partial charge on any atom is -0.435 e. The highest BCUT2D eigenvalue weighted by Gasteiger charge is 2.08. The molecule has 1 atom stereocenters. The van der Waals surface area contributed by atoms with Gasteiger partial charge in [-0.25, -0.2) is 4.79 Å². The molecule has 3 heteroatoms. The Morgan fingerprint density at radius 3 is 2.50 bits per heavy atom. The molecule has 0 unspecified atom stereocenters. The van der Waals surface area contributed by atoms with Crippen LogP contribution in [0.4, 0.5) is 4.79 Å². The summed E-state index contributed by atoms with van der Waals surface area (Å²) in [5.74, 6) is 0. The molecule has 0 radical (unpaired) electrons. The van der Waals surface area contributed by atoms with Crippen LogP contribution < -0.4 is 0 Å². The second-order valence-corrected chi connectivity index (χ2v) is 3.46. The van der Waals surface area contributed by atoms with Crippen LogP contribution in [0.15, 0.2) is 0 Å². The molecule has 0 heterocycles. The molecule has 0 aromatic rings. The predicted octanol–water partition coefficient (Wildman–Crippen LogP) is 3.52. The van der Waals surface area contributed by atoms with Crippen LogP contribution in [0.25, 0.3) is 0 Å². The Hall–Kier alpha value is -0.730. The van der Waals surface area contributed by atoms with Gasteiger partial charge in [0.1, 0.15) is 6.10 Å². The number of unbranched alkanes of at least 4 members (excludes halogenated alkanes) is 3. The van der Waals surface area contributed by atoms with Crippen molar-refractivity contribution in [3.05, 3.63) is 0 Å². The third-order valence-corrected chi connectivity index (χ3v) is 2.02. The molecule has 0 aliphatic rings. The summed E-state index contributed by atoms with van der Waals surface area (Å²) in [5, 5.41) is 0. The fourth-order valence-corrected chi connectivity index (χ4v) is 1.23. The third kappa shape index (κ3) is 7.90. The van der Waals surface area contributed by atoms with Crippen molar-refractivity contribution in [2.75, 3.05) is 6.61 Å². The first-order valence-electron chi connectivity index (χ1n) is 5.54. The van der Waals surface area contributed by atoms with Gasteiger partial charge in [-0.05, 0) is 26.7 Å². The summed E-state index contributed by atoms with van der Waals surface area (Å²) in [7, 11) is 0. The van der Waals surface area contributed by atoms with Crippen LogP contribution in [0.5, 0.6) is 0 Å². The fourth-order valence-electron chi connectivity index (χ4n) is 1.23. The SMILES string of the molecule is CCCCCC[C@@H](C)OC(=O)OCC. The first-order chi connectivity index (χ1) is 6.70. The van der Waals surface area contributed by atoms with E-state index in [0.29, 0.717) is 6.61 Å². The van der Waals surface area contributed by atoms with Gasteiger partial charge < -0.3 is 9.47 Å². The van der Waals surface area contributed by atoms with Gasteiger partial charge in [-0.3, -0.25) is 0 Å². The zero-order valence-electron chi connectivity index (χ0n) is 9.54. The van der Waals surface area contributed by atoms with Crippen molar-refractivity contribution in [2.24, 2.45) is 0 Å². The molecule has 84 valence electrons. The van der Waals surface area contributed by atoms with Gasteiger partial charge in [0.25, 0.3) is 0 Å². The largest absolute Gasteiger partial charge is 0.508 e. The Bertz CT molecular complexity index is 145. The second kappa shape index (κ2) is 8.85. The monoisotopic (exact) mass is 202 g/mol. The summed E-state index contributed by atoms with van der Waals surface area (Å²) >= 11 is 0. The van der Waals surface area contributed by atoms with Gasteiger partial charge in [-0.2, -0.15) is 0 Å². The van der Waals surface area contributed by atoms with E-state index in [4.69, 9.17) is 4.74 Å². The summed E-state index contributed by atoms with van der Waals surface area (Å²) in [6.07, 6.45) is 5.18. The Morgan fingerprint density at radius 2 is 1.93 bits per heavy atom. The zero-order chi connectivity index (χ0) is 10.8. The van der Waals surface area contributed by atoms with E-state index in [9.17, 15) is 4.79 Å². The van der Waals surface area contributed by atoms with E-state index >= 15 is 0 Å². The van der Waals surface area contributed by atoms with E-state index in [1.807, 2.05) is 6.92 Å². The molecule has 0 fully saturated rings. The Balaban J connectivity index is 3.35. The van der Waals surface area contributed by atoms with Crippen molar-refractivity contribution < 1.29 is 14.3 Å². The standard InChI is InChI=1S/C11H22O3/c1-4-6-7-8-9-10(3)14-11(12)13-5-2/h10H,4-9H2,1-3H3/t10-/m1/s1. The molecule has 0 saturated carbocycles. The molecule has 0 aromatic heterocycles. The maximum atomic E-state index is 10.9. The molecule has 14 heavy (non-hydrogen) atoms. The number of hydrogen-bond donors (Lipinski definition) is 0. The summed E-state index contributed by atoms with van der Waals surface area (Å²) < 4.78 is 9.69. The molecule has 0 bridgehead atoms. The van der Waals surface area contributed by atoms with Crippen molar-refractivity contribution in [1.82, 2.24) is 0 Å². The molecule has 0 saturated heterocycles. The summed E-state index contributed by atoms with van der Waals surface area (Å²) in [6.45, 7) is 6.23. The van der Waals surface area contributed by atoms with Gasteiger partial charge >= 0.3 is 6.16 Å². The van der Waals surface area contributed by atoms with E-state index in [1.165, 1.54) is 19.3 Å². The van der Waals surface area contributed by atoms with Gasteiger partial charge in [-0.1, -0.05) is 26.2 Å². The highest BCUT2D eigenvalue weighted by molar-refractivity contribution is 5.59. The molecule has 0 N–H and O–H groups in total. The summed E-state index contributed by atoms with van der Waals surface area (Å²) in [6, 6.07) is 0. The molecule has 0 aromatic carbocycles. The zero-order valence-corrected chi connectivity index (χ0v) is 9.54. The number of rotatable bonds is 7. The average molecular weight is 202 g/mol. The van der Waals surface area contributed by atoms with Crippen molar-refractivity contribution in [1.29, 1.82) is 0 Å². The number of ether oxygens (including phenoxy) is 2. The normalized spacial score (nSPS) is 12.2. The molecular weight excluding hydrogens is 180 g/mol. The molecule has 3 nitrogen and oxygen atoms in total. The van der Waals surface area contributed by atoms with Gasteiger partial charge in [-0.15, -0.1) is 0 Å². The lowest BCUT2D eigenvalue weighted by molar-refractivity contribution is 0.0289. The van der Waals surface area contributed by atoms with Crippen LogP contribution in [0.2, 0.25) is 0 Å². The van der Waals surface area contributed by atoms with Crippen molar-refractivity contribution in [2.45, 2.75) is 59.0 Å². The fraction of sp³-hybridized carbons (Fsp3) is 0.909. The molecule has 0 spiro atoms. The molecule has 0 amide bonds. The lowest BCUT2D eigenvalue weighted by Gasteiger charge is -2.12. The van der Waals surface area contributed by atoms with Crippen LogP contribution in [0, 0.1) is 0 Å². The van der Waals surface area contributed by atoms with Crippen molar-refractivity contribution in [3.8, 4) is 0 Å². The lowest BCUT2D eigenvalue weighted by Crippen LogP contribution is -2.15. The summed E-state index contributed by atoms with van der Waals surface area (Å²) in [4.78, 5) is 10.9. The van der Waals surface area contributed by atoms with Gasteiger partial charge in [0.15, 0.2) is 0 Å². The molecule has 0 aliphatic heterocycles. The minimum atomic E-state index is -0.546. The molecule has 0 aliphatic carbocycles. The number of carbonyl (C=O) groups excluding carboxylic acids is 1. The Kier molecular flexibility index (Phi) is 8.39. The van der Waals surface area contributed by atoms with E-state index in [2.05, 4.69) is 11.7 Å². The van der Waals surface area contributed by atoms with Crippen molar-refractivity contribution >= 4 is 6.16 Å². The Labute approximate surface area is 86.8 Å². The van der Waals surface area contributed by atoms with E-state index in [1.54, 1.807) is 6.92 Å². The highest BCUT2D eigenvalue weighted by atomic mass is 16.7. The lowest BCUT2D eigenvalue weighted by atomic mass is 10.1. The Morgan fingerprint density at radius 1 is 1.21 bits per heavy atom. The predicted molar refractivity (Wildman–Crippen MR) is 56.3 cm³/mol. The number of carbonyl (C=O) groups is 1. The molecule has 0 rings (SSSR count). The van der Waals surface area contributed by atoms with Crippen LogP contribution in [0.1, 0.15) is 52.9 Å². The maximum absolute atomic E-state index is 10.9. The molecular formula is C11H22O3. The first-order valence-corrected chi connectivity index (χ1v) is 5.54. The van der Waals surface area contributed by atoms with Gasteiger partial charge in [0.05, 0.1) is 6.61 Å². The van der Waals surface area contributed by atoms with E-state index in [-0.39, 0.29) is 6.10 Å². The van der Waals surface area contributed by atoms with Crippen LogP contribution in [-0.4, -0.2) is 18.9 Å². The maximum Gasteiger partial charge on any atom is 0.508 e. The third-order valence-electron chi connectivity index (χ3n) is 2.02. The van der Waals surface area contributed by atoms with Crippen molar-refractivity contribution in [3.63, 3.8) is 0 Å².